The third-order valence-electron chi connectivity index (χ3n) is 4.07. The molecule has 3 rings (SSSR count). The van der Waals surface area contributed by atoms with Gasteiger partial charge in [0.2, 0.25) is 5.91 Å². The van der Waals surface area contributed by atoms with Gasteiger partial charge in [0.15, 0.2) is 5.78 Å². The Balaban J connectivity index is 2.17. The Morgan fingerprint density at radius 1 is 1.17 bits per heavy atom. The zero-order valence-electron chi connectivity index (χ0n) is 13.2. The number of hydrogen-bond donors (Lipinski definition) is 1. The van der Waals surface area contributed by atoms with Gasteiger partial charge in [0.25, 0.3) is 5.56 Å². The number of hydrogen-bond acceptors (Lipinski definition) is 3. The first-order valence-electron chi connectivity index (χ1n) is 7.63. The Hall–Kier alpha value is -2.69. The van der Waals surface area contributed by atoms with Crippen LogP contribution in [0, 0.1) is 0 Å². The van der Waals surface area contributed by atoms with Gasteiger partial charge < -0.3 is 9.88 Å². The molecule has 0 saturated heterocycles. The molecule has 2 heterocycles. The predicted octanol–water partition coefficient (Wildman–Crippen LogP) is 2.62. The largest absolute Gasteiger partial charge is 0.326 e. The molecule has 5 nitrogen and oxygen atoms in total. The predicted molar refractivity (Wildman–Crippen MR) is 88.8 cm³/mol. The van der Waals surface area contributed by atoms with Crippen LogP contribution >= 0.6 is 0 Å². The maximum absolute atomic E-state index is 12.7. The summed E-state index contributed by atoms with van der Waals surface area (Å²) < 4.78 is 1.71. The van der Waals surface area contributed by atoms with E-state index in [-0.39, 0.29) is 17.2 Å². The van der Waals surface area contributed by atoms with E-state index in [1.807, 2.05) is 6.07 Å². The topological polar surface area (TPSA) is 68.2 Å². The number of aromatic nitrogens is 1. The van der Waals surface area contributed by atoms with Crippen LogP contribution in [-0.4, -0.2) is 16.3 Å². The van der Waals surface area contributed by atoms with Gasteiger partial charge in [-0.3, -0.25) is 14.4 Å². The van der Waals surface area contributed by atoms with E-state index in [0.717, 1.165) is 18.5 Å². The molecule has 0 fully saturated rings. The second kappa shape index (κ2) is 5.83. The Labute approximate surface area is 134 Å². The molecule has 1 aromatic heterocycles. The van der Waals surface area contributed by atoms with Gasteiger partial charge in [-0.1, -0.05) is 12.1 Å². The van der Waals surface area contributed by atoms with Crippen molar-refractivity contribution in [2.75, 3.05) is 5.32 Å². The highest BCUT2D eigenvalue weighted by Crippen LogP contribution is 2.25. The fraction of sp³-hybridized carbons (Fsp3) is 0.278. The van der Waals surface area contributed by atoms with Crippen molar-refractivity contribution >= 4 is 17.4 Å². The number of fused-ring (bicyclic) bond motifs is 1. The van der Waals surface area contributed by atoms with Gasteiger partial charge in [-0.05, 0) is 43.5 Å². The summed E-state index contributed by atoms with van der Waals surface area (Å²) in [7, 11) is 0. The Morgan fingerprint density at radius 2 is 1.96 bits per heavy atom. The number of anilines is 1. The summed E-state index contributed by atoms with van der Waals surface area (Å²) in [5.74, 6) is -0.202. The van der Waals surface area contributed by atoms with Crippen molar-refractivity contribution in [2.45, 2.75) is 33.2 Å². The van der Waals surface area contributed by atoms with Crippen LogP contribution in [0.15, 0.2) is 35.1 Å². The van der Waals surface area contributed by atoms with Crippen molar-refractivity contribution in [3.63, 3.8) is 0 Å². The van der Waals surface area contributed by atoms with Crippen molar-refractivity contribution in [1.82, 2.24) is 4.57 Å². The molecule has 1 aromatic carbocycles. The van der Waals surface area contributed by atoms with Gasteiger partial charge in [0, 0.05) is 36.0 Å². The SMILES string of the molecule is CC(=O)Nc1cccc(-c2cc(C(C)=O)c3n(c2=O)CCC3)c1. The van der Waals surface area contributed by atoms with Crippen molar-refractivity contribution in [1.29, 1.82) is 0 Å². The minimum absolute atomic E-state index is 0.0325. The highest BCUT2D eigenvalue weighted by atomic mass is 16.1. The summed E-state index contributed by atoms with van der Waals surface area (Å²) in [6.07, 6.45) is 1.64. The highest BCUT2D eigenvalue weighted by molar-refractivity contribution is 5.96. The standard InChI is InChI=1S/C18H18N2O3/c1-11(21)15-10-16(18(23)20-8-4-7-17(15)20)13-5-3-6-14(9-13)19-12(2)22/h3,5-6,9-10H,4,7-8H2,1-2H3,(H,19,22). The molecule has 0 atom stereocenters. The van der Waals surface area contributed by atoms with Crippen LogP contribution in [0.25, 0.3) is 11.1 Å². The molecule has 1 aliphatic heterocycles. The summed E-state index contributed by atoms with van der Waals surface area (Å²) in [6, 6.07) is 8.81. The van der Waals surface area contributed by atoms with Crippen molar-refractivity contribution in [3.8, 4) is 11.1 Å². The van der Waals surface area contributed by atoms with E-state index < -0.39 is 0 Å². The first-order chi connectivity index (χ1) is 11.0. The van der Waals surface area contributed by atoms with Crippen LogP contribution < -0.4 is 10.9 Å². The van der Waals surface area contributed by atoms with Crippen LogP contribution in [-0.2, 0) is 17.8 Å². The fourth-order valence-corrected chi connectivity index (χ4v) is 3.09. The average Bonchev–Trinajstić information content (AvgIpc) is 2.97. The summed E-state index contributed by atoms with van der Waals surface area (Å²) >= 11 is 0. The normalized spacial score (nSPS) is 12.8. The quantitative estimate of drug-likeness (QED) is 0.886. The number of nitrogens with one attached hydrogen (secondary N) is 1. The van der Waals surface area contributed by atoms with Crippen molar-refractivity contribution in [3.05, 3.63) is 51.9 Å². The molecule has 1 N–H and O–H groups in total. The fourth-order valence-electron chi connectivity index (χ4n) is 3.09. The number of ketones is 1. The molecule has 118 valence electrons. The van der Waals surface area contributed by atoms with Crippen LogP contribution in [0.1, 0.15) is 36.3 Å². The third-order valence-corrected chi connectivity index (χ3v) is 4.07. The smallest absolute Gasteiger partial charge is 0.258 e. The number of carbonyl (C=O) groups is 2. The van der Waals surface area contributed by atoms with E-state index in [9.17, 15) is 14.4 Å². The molecule has 0 radical (unpaired) electrons. The van der Waals surface area contributed by atoms with Crippen LogP contribution in [0.5, 0.6) is 0 Å². The summed E-state index contributed by atoms with van der Waals surface area (Å²) in [6.45, 7) is 3.61. The lowest BCUT2D eigenvalue weighted by Gasteiger charge is -2.12. The number of Topliss-reactive ketones (excluding diaryl/α,β-unsaturated/α-hetero) is 1. The van der Waals surface area contributed by atoms with Gasteiger partial charge in [-0.25, -0.2) is 0 Å². The monoisotopic (exact) mass is 310 g/mol. The minimum atomic E-state index is -0.169. The molecule has 0 unspecified atom stereocenters. The maximum Gasteiger partial charge on any atom is 0.258 e. The van der Waals surface area contributed by atoms with Gasteiger partial charge in [-0.2, -0.15) is 0 Å². The van der Waals surface area contributed by atoms with Gasteiger partial charge in [0.05, 0.1) is 0 Å². The number of pyridine rings is 1. The Morgan fingerprint density at radius 3 is 2.65 bits per heavy atom. The molecule has 0 saturated carbocycles. The first-order valence-corrected chi connectivity index (χ1v) is 7.63. The molecule has 23 heavy (non-hydrogen) atoms. The molecule has 5 heteroatoms. The molecular weight excluding hydrogens is 292 g/mol. The molecular formula is C18H18N2O3. The van der Waals surface area contributed by atoms with Gasteiger partial charge in [0.1, 0.15) is 0 Å². The van der Waals surface area contributed by atoms with Gasteiger partial charge >= 0.3 is 0 Å². The number of amides is 1. The number of benzene rings is 1. The molecule has 0 aliphatic carbocycles. The third kappa shape index (κ3) is 2.82. The molecule has 2 aromatic rings. The minimum Gasteiger partial charge on any atom is -0.326 e. The molecule has 1 amide bonds. The van der Waals surface area contributed by atoms with Crippen LogP contribution in [0.3, 0.4) is 0 Å². The summed E-state index contributed by atoms with van der Waals surface area (Å²) in [4.78, 5) is 35.9. The van der Waals surface area contributed by atoms with E-state index in [0.29, 0.717) is 28.9 Å². The lowest BCUT2D eigenvalue weighted by atomic mass is 10.0. The average molecular weight is 310 g/mol. The highest BCUT2D eigenvalue weighted by Gasteiger charge is 2.21. The number of nitrogens with zero attached hydrogens (tertiary/aromatic N) is 1. The van der Waals surface area contributed by atoms with Crippen molar-refractivity contribution in [2.24, 2.45) is 0 Å². The van der Waals surface area contributed by atoms with Gasteiger partial charge in [-0.15, -0.1) is 0 Å². The van der Waals surface area contributed by atoms with Crippen molar-refractivity contribution < 1.29 is 9.59 Å². The first kappa shape index (κ1) is 15.2. The number of rotatable bonds is 3. The Bertz CT molecular complexity index is 865. The molecule has 0 bridgehead atoms. The number of carbonyl (C=O) groups excluding carboxylic acids is 2. The zero-order chi connectivity index (χ0) is 16.6. The van der Waals surface area contributed by atoms with E-state index in [1.165, 1.54) is 13.8 Å². The van der Waals surface area contributed by atoms with E-state index in [4.69, 9.17) is 0 Å². The lowest BCUT2D eigenvalue weighted by molar-refractivity contribution is -0.114. The molecule has 0 spiro atoms. The summed E-state index contributed by atoms with van der Waals surface area (Å²) in [5.41, 5.74) is 3.19. The lowest BCUT2D eigenvalue weighted by Crippen LogP contribution is -2.23. The van der Waals surface area contributed by atoms with Crippen LogP contribution in [0.2, 0.25) is 0 Å². The van der Waals surface area contributed by atoms with E-state index >= 15 is 0 Å². The zero-order valence-corrected chi connectivity index (χ0v) is 13.2. The Kier molecular flexibility index (Phi) is 3.86. The second-order valence-electron chi connectivity index (χ2n) is 5.80. The van der Waals surface area contributed by atoms with E-state index in [2.05, 4.69) is 5.32 Å². The summed E-state index contributed by atoms with van der Waals surface area (Å²) in [5, 5.41) is 2.71. The van der Waals surface area contributed by atoms with E-state index in [1.54, 1.807) is 28.8 Å². The second-order valence-corrected chi connectivity index (χ2v) is 5.80. The van der Waals surface area contributed by atoms with Crippen LogP contribution in [0.4, 0.5) is 5.69 Å². The molecule has 1 aliphatic rings. The maximum atomic E-state index is 12.7.